The maximum Gasteiger partial charge on any atom is 0.124 e. The van der Waals surface area contributed by atoms with Gasteiger partial charge in [-0.15, -0.1) is 0 Å². The second-order valence-electron chi connectivity index (χ2n) is 3.90. The zero-order valence-electron chi connectivity index (χ0n) is 11.4. The van der Waals surface area contributed by atoms with Gasteiger partial charge in [-0.3, -0.25) is 0 Å². The Balaban J connectivity index is 2.72. The lowest BCUT2D eigenvalue weighted by Crippen LogP contribution is -2.24. The van der Waals surface area contributed by atoms with E-state index in [2.05, 4.69) is 12.2 Å². The first-order valence-corrected chi connectivity index (χ1v) is 6.27. The summed E-state index contributed by atoms with van der Waals surface area (Å²) in [6.45, 7) is 4.93. The van der Waals surface area contributed by atoms with E-state index >= 15 is 0 Å². The summed E-state index contributed by atoms with van der Waals surface area (Å²) >= 11 is 0. The van der Waals surface area contributed by atoms with E-state index < -0.39 is 0 Å². The maximum atomic E-state index is 5.85. The van der Waals surface area contributed by atoms with E-state index in [9.17, 15) is 0 Å². The minimum atomic E-state index is -0.0174. The van der Waals surface area contributed by atoms with Crippen molar-refractivity contribution in [2.24, 2.45) is 0 Å². The van der Waals surface area contributed by atoms with E-state index in [1.54, 1.807) is 14.2 Å². The topological polar surface area (TPSA) is 39.7 Å². The van der Waals surface area contributed by atoms with Crippen molar-refractivity contribution in [3.63, 3.8) is 0 Å². The molecule has 0 fully saturated rings. The molecule has 1 rings (SSSR count). The van der Waals surface area contributed by atoms with Crippen LogP contribution in [0.5, 0.6) is 5.75 Å². The van der Waals surface area contributed by atoms with E-state index in [1.165, 1.54) is 0 Å². The average molecular weight is 253 g/mol. The lowest BCUT2D eigenvalue weighted by atomic mass is 10.1. The van der Waals surface area contributed by atoms with Crippen LogP contribution in [-0.2, 0) is 9.47 Å². The smallest absolute Gasteiger partial charge is 0.124 e. The SMILES string of the molecule is CCNCC(OCCOC)c1ccccc1OC. The number of methoxy groups -OCH3 is 2. The Morgan fingerprint density at radius 2 is 1.94 bits per heavy atom. The highest BCUT2D eigenvalue weighted by Gasteiger charge is 2.15. The molecule has 0 saturated heterocycles. The van der Waals surface area contributed by atoms with Crippen molar-refractivity contribution in [1.29, 1.82) is 0 Å². The molecule has 0 aliphatic carbocycles. The zero-order chi connectivity index (χ0) is 13.2. The molecular formula is C14H23NO3. The molecule has 0 spiro atoms. The monoisotopic (exact) mass is 253 g/mol. The predicted molar refractivity (Wildman–Crippen MR) is 72.1 cm³/mol. The summed E-state index contributed by atoms with van der Waals surface area (Å²) in [5.74, 6) is 0.859. The lowest BCUT2D eigenvalue weighted by molar-refractivity contribution is 0.0158. The minimum absolute atomic E-state index is 0.0174. The number of para-hydroxylation sites is 1. The summed E-state index contributed by atoms with van der Waals surface area (Å²) in [5.41, 5.74) is 1.07. The van der Waals surface area contributed by atoms with Crippen LogP contribution in [0.25, 0.3) is 0 Å². The third-order valence-corrected chi connectivity index (χ3v) is 2.67. The second kappa shape index (κ2) is 8.91. The Hall–Kier alpha value is -1.10. The van der Waals surface area contributed by atoms with Crippen molar-refractivity contribution < 1.29 is 14.2 Å². The van der Waals surface area contributed by atoms with Crippen LogP contribution < -0.4 is 10.1 Å². The molecule has 0 amide bonds. The molecule has 0 radical (unpaired) electrons. The molecular weight excluding hydrogens is 230 g/mol. The fourth-order valence-electron chi connectivity index (χ4n) is 1.74. The molecule has 0 bridgehead atoms. The van der Waals surface area contributed by atoms with Gasteiger partial charge in [-0.25, -0.2) is 0 Å². The summed E-state index contributed by atoms with van der Waals surface area (Å²) in [6, 6.07) is 7.94. The van der Waals surface area contributed by atoms with E-state index in [4.69, 9.17) is 14.2 Å². The Kier molecular flexibility index (Phi) is 7.41. The van der Waals surface area contributed by atoms with E-state index in [-0.39, 0.29) is 6.10 Å². The van der Waals surface area contributed by atoms with Crippen LogP contribution >= 0.6 is 0 Å². The number of likely N-dealkylation sites (N-methyl/N-ethyl adjacent to an activating group) is 1. The molecule has 4 nitrogen and oxygen atoms in total. The van der Waals surface area contributed by atoms with Crippen molar-refractivity contribution in [2.75, 3.05) is 40.5 Å². The van der Waals surface area contributed by atoms with Crippen LogP contribution in [0.4, 0.5) is 0 Å². The van der Waals surface area contributed by atoms with Crippen LogP contribution in [0.15, 0.2) is 24.3 Å². The largest absolute Gasteiger partial charge is 0.496 e. The van der Waals surface area contributed by atoms with Gasteiger partial charge in [-0.1, -0.05) is 25.1 Å². The molecule has 4 heteroatoms. The summed E-state index contributed by atoms with van der Waals surface area (Å²) < 4.78 is 16.2. The molecule has 1 atom stereocenters. The highest BCUT2D eigenvalue weighted by molar-refractivity contribution is 5.35. The molecule has 0 aliphatic heterocycles. The first-order valence-electron chi connectivity index (χ1n) is 6.27. The van der Waals surface area contributed by atoms with Crippen LogP contribution in [0.3, 0.4) is 0 Å². The fraction of sp³-hybridized carbons (Fsp3) is 0.571. The van der Waals surface area contributed by atoms with Gasteiger partial charge in [0.15, 0.2) is 0 Å². The van der Waals surface area contributed by atoms with E-state index in [0.717, 1.165) is 24.4 Å². The standard InChI is InChI=1S/C14H23NO3/c1-4-15-11-14(18-10-9-16-2)12-7-5-6-8-13(12)17-3/h5-8,14-15H,4,9-11H2,1-3H3. The molecule has 1 unspecified atom stereocenters. The third kappa shape index (κ3) is 4.64. The molecule has 0 heterocycles. The van der Waals surface area contributed by atoms with Gasteiger partial charge in [0.2, 0.25) is 0 Å². The van der Waals surface area contributed by atoms with Gasteiger partial charge >= 0.3 is 0 Å². The molecule has 102 valence electrons. The Bertz CT molecular complexity index is 331. The first-order chi connectivity index (χ1) is 8.83. The average Bonchev–Trinajstić information content (AvgIpc) is 2.42. The molecule has 0 saturated carbocycles. The van der Waals surface area contributed by atoms with E-state index in [0.29, 0.717) is 13.2 Å². The summed E-state index contributed by atoms with van der Waals surface area (Å²) in [4.78, 5) is 0. The molecule has 18 heavy (non-hydrogen) atoms. The molecule has 1 aromatic carbocycles. The highest BCUT2D eigenvalue weighted by Crippen LogP contribution is 2.26. The van der Waals surface area contributed by atoms with Gasteiger partial charge in [-0.2, -0.15) is 0 Å². The third-order valence-electron chi connectivity index (χ3n) is 2.67. The number of hydrogen-bond acceptors (Lipinski definition) is 4. The van der Waals surface area contributed by atoms with Crippen molar-refractivity contribution in [1.82, 2.24) is 5.32 Å². The normalized spacial score (nSPS) is 12.4. The van der Waals surface area contributed by atoms with Gasteiger partial charge in [0, 0.05) is 19.2 Å². The summed E-state index contributed by atoms with van der Waals surface area (Å²) in [7, 11) is 3.35. The van der Waals surface area contributed by atoms with Gasteiger partial charge in [0.05, 0.1) is 26.4 Å². The van der Waals surface area contributed by atoms with Crippen molar-refractivity contribution >= 4 is 0 Å². The maximum absolute atomic E-state index is 5.85. The van der Waals surface area contributed by atoms with Gasteiger partial charge in [0.1, 0.15) is 5.75 Å². The Morgan fingerprint density at radius 1 is 1.17 bits per heavy atom. The molecule has 1 N–H and O–H groups in total. The zero-order valence-corrected chi connectivity index (χ0v) is 11.4. The van der Waals surface area contributed by atoms with Crippen LogP contribution in [0.1, 0.15) is 18.6 Å². The van der Waals surface area contributed by atoms with Crippen molar-refractivity contribution in [2.45, 2.75) is 13.0 Å². The highest BCUT2D eigenvalue weighted by atomic mass is 16.5. The van der Waals surface area contributed by atoms with Crippen molar-refractivity contribution in [3.8, 4) is 5.75 Å². The number of nitrogens with one attached hydrogen (secondary N) is 1. The van der Waals surface area contributed by atoms with Crippen LogP contribution in [-0.4, -0.2) is 40.5 Å². The molecule has 0 aliphatic rings. The first kappa shape index (κ1) is 15.0. The quantitative estimate of drug-likeness (QED) is 0.683. The lowest BCUT2D eigenvalue weighted by Gasteiger charge is -2.20. The van der Waals surface area contributed by atoms with Crippen LogP contribution in [0.2, 0.25) is 0 Å². The molecule has 0 aromatic heterocycles. The fourth-order valence-corrected chi connectivity index (χ4v) is 1.74. The Morgan fingerprint density at radius 3 is 2.61 bits per heavy atom. The predicted octanol–water partition coefficient (Wildman–Crippen LogP) is 2.01. The Labute approximate surface area is 109 Å². The number of ether oxygens (including phenoxy) is 3. The van der Waals surface area contributed by atoms with Crippen LogP contribution in [0, 0.1) is 0 Å². The minimum Gasteiger partial charge on any atom is -0.496 e. The van der Waals surface area contributed by atoms with Gasteiger partial charge < -0.3 is 19.5 Å². The number of rotatable bonds is 9. The van der Waals surface area contributed by atoms with Crippen molar-refractivity contribution in [3.05, 3.63) is 29.8 Å². The van der Waals surface area contributed by atoms with E-state index in [1.807, 2.05) is 24.3 Å². The summed E-state index contributed by atoms with van der Waals surface area (Å²) in [6.07, 6.45) is -0.0174. The second-order valence-corrected chi connectivity index (χ2v) is 3.90. The van der Waals surface area contributed by atoms with Gasteiger partial charge in [0.25, 0.3) is 0 Å². The number of hydrogen-bond donors (Lipinski definition) is 1. The molecule has 1 aromatic rings. The summed E-state index contributed by atoms with van der Waals surface area (Å²) in [5, 5.41) is 3.30. The van der Waals surface area contributed by atoms with Gasteiger partial charge in [-0.05, 0) is 12.6 Å². The number of benzene rings is 1.